The maximum atomic E-state index is 13.1. The molecule has 4 rings (SSSR count). The number of halogens is 4. The molecule has 4 aromatic rings. The van der Waals surface area contributed by atoms with Crippen LogP contribution in [0.5, 0.6) is 28.7 Å². The average molecular weight is 548 g/mol. The van der Waals surface area contributed by atoms with Crippen LogP contribution in [0, 0.1) is 0 Å². The van der Waals surface area contributed by atoms with Gasteiger partial charge in [0.05, 0.1) is 48.8 Å². The fraction of sp³-hybridized carbons (Fsp3) is 0.154. The van der Waals surface area contributed by atoms with Crippen molar-refractivity contribution in [2.75, 3.05) is 32.0 Å². The van der Waals surface area contributed by atoms with Crippen LogP contribution in [0.2, 0.25) is 5.02 Å². The second-order valence-electron chi connectivity index (χ2n) is 7.77. The van der Waals surface area contributed by atoms with E-state index in [0.29, 0.717) is 33.9 Å². The first-order valence-electron chi connectivity index (χ1n) is 10.9. The van der Waals surface area contributed by atoms with Crippen molar-refractivity contribution in [2.24, 2.45) is 0 Å². The number of hydrogen-bond donors (Lipinski definition) is 2. The van der Waals surface area contributed by atoms with Crippen molar-refractivity contribution in [3.05, 3.63) is 71.4 Å². The molecule has 0 aliphatic carbocycles. The van der Waals surface area contributed by atoms with E-state index in [9.17, 15) is 18.0 Å². The van der Waals surface area contributed by atoms with Crippen molar-refractivity contribution >= 4 is 39.9 Å². The quantitative estimate of drug-likeness (QED) is 0.251. The van der Waals surface area contributed by atoms with Crippen molar-refractivity contribution in [3.8, 4) is 28.7 Å². The molecule has 0 aliphatic heterocycles. The minimum absolute atomic E-state index is 0.0572. The lowest BCUT2D eigenvalue weighted by atomic mass is 10.1. The third-order valence-electron chi connectivity index (χ3n) is 5.40. The number of pyridine rings is 1. The van der Waals surface area contributed by atoms with Crippen molar-refractivity contribution in [3.63, 3.8) is 0 Å². The fourth-order valence-corrected chi connectivity index (χ4v) is 3.80. The largest absolute Gasteiger partial charge is 0.495 e. The van der Waals surface area contributed by atoms with E-state index >= 15 is 0 Å². The lowest BCUT2D eigenvalue weighted by Gasteiger charge is -2.15. The first-order chi connectivity index (χ1) is 18.1. The highest BCUT2D eigenvalue weighted by Gasteiger charge is 2.31. The molecule has 0 spiro atoms. The first-order valence-corrected chi connectivity index (χ1v) is 11.3. The molecule has 0 saturated heterocycles. The SMILES string of the molecule is COc1ccc(C(F)(F)F)cc1NC(=O)Nc1ccc(Oc2ccnc3cc(OC)c(OC)cc23)cc1Cl. The number of nitrogens with zero attached hydrogens (tertiary/aromatic N) is 1. The molecule has 1 heterocycles. The molecule has 12 heteroatoms. The van der Waals surface area contributed by atoms with Gasteiger partial charge < -0.3 is 29.6 Å². The van der Waals surface area contributed by atoms with E-state index in [-0.39, 0.29) is 22.1 Å². The van der Waals surface area contributed by atoms with Gasteiger partial charge in [-0.3, -0.25) is 4.98 Å². The van der Waals surface area contributed by atoms with E-state index in [4.69, 9.17) is 30.5 Å². The van der Waals surface area contributed by atoms with Gasteiger partial charge in [0.2, 0.25) is 0 Å². The standard InChI is InChI=1S/C26H21ClF3N3O5/c1-35-22-7-4-14(26(28,29)30)10-20(22)33-25(34)32-18-6-5-15(11-17(18)27)38-21-8-9-31-19-13-24(37-3)23(36-2)12-16(19)21/h4-13H,1-3H3,(H2,32,33,34). The van der Waals surface area contributed by atoms with Crippen LogP contribution in [-0.4, -0.2) is 32.3 Å². The van der Waals surface area contributed by atoms with Crippen LogP contribution in [0.3, 0.4) is 0 Å². The Hall–Kier alpha value is -4.38. The minimum Gasteiger partial charge on any atom is -0.495 e. The van der Waals surface area contributed by atoms with Gasteiger partial charge in [0.25, 0.3) is 0 Å². The molecule has 2 amide bonds. The highest BCUT2D eigenvalue weighted by Crippen LogP contribution is 2.38. The highest BCUT2D eigenvalue weighted by molar-refractivity contribution is 6.34. The minimum atomic E-state index is -4.59. The highest BCUT2D eigenvalue weighted by atomic mass is 35.5. The predicted octanol–water partition coefficient (Wildman–Crippen LogP) is 7.37. The van der Waals surface area contributed by atoms with E-state index in [1.165, 1.54) is 33.5 Å². The van der Waals surface area contributed by atoms with E-state index < -0.39 is 17.8 Å². The van der Waals surface area contributed by atoms with Crippen LogP contribution in [0.15, 0.2) is 60.8 Å². The molecule has 0 fully saturated rings. The van der Waals surface area contributed by atoms with Gasteiger partial charge in [0.15, 0.2) is 11.5 Å². The summed E-state index contributed by atoms with van der Waals surface area (Å²) in [5.41, 5.74) is -0.278. The third kappa shape index (κ3) is 5.78. The Labute approximate surface area is 220 Å². The predicted molar refractivity (Wildman–Crippen MR) is 137 cm³/mol. The Bertz CT molecular complexity index is 1500. The first kappa shape index (κ1) is 26.7. The molecule has 8 nitrogen and oxygen atoms in total. The summed E-state index contributed by atoms with van der Waals surface area (Å²) < 4.78 is 61.0. The number of benzene rings is 3. The number of alkyl halides is 3. The van der Waals surface area contributed by atoms with Gasteiger partial charge in [-0.05, 0) is 42.5 Å². The molecule has 38 heavy (non-hydrogen) atoms. The summed E-state index contributed by atoms with van der Waals surface area (Å²) in [5.74, 6) is 1.91. The summed E-state index contributed by atoms with van der Waals surface area (Å²) in [7, 11) is 4.32. The molecule has 0 saturated carbocycles. The number of fused-ring (bicyclic) bond motifs is 1. The van der Waals surface area contributed by atoms with E-state index in [2.05, 4.69) is 15.6 Å². The number of methoxy groups -OCH3 is 3. The molecule has 198 valence electrons. The maximum Gasteiger partial charge on any atom is 0.416 e. The van der Waals surface area contributed by atoms with Gasteiger partial charge in [-0.1, -0.05) is 11.6 Å². The Balaban J connectivity index is 1.52. The van der Waals surface area contributed by atoms with Crippen molar-refractivity contribution in [1.29, 1.82) is 0 Å². The second-order valence-corrected chi connectivity index (χ2v) is 8.18. The number of nitrogens with one attached hydrogen (secondary N) is 2. The molecule has 3 aromatic carbocycles. The number of rotatable bonds is 7. The number of hydrogen-bond acceptors (Lipinski definition) is 6. The summed E-state index contributed by atoms with van der Waals surface area (Å²) in [5, 5.41) is 5.65. The summed E-state index contributed by atoms with van der Waals surface area (Å²) in [6.45, 7) is 0. The zero-order valence-electron chi connectivity index (χ0n) is 20.3. The molecule has 2 N–H and O–H groups in total. The summed E-state index contributed by atoms with van der Waals surface area (Å²) in [4.78, 5) is 16.9. The molecule has 0 aliphatic rings. The van der Waals surface area contributed by atoms with Gasteiger partial charge in [0.1, 0.15) is 17.2 Å². The van der Waals surface area contributed by atoms with Crippen LogP contribution >= 0.6 is 11.6 Å². The van der Waals surface area contributed by atoms with Crippen molar-refractivity contribution < 1.29 is 36.9 Å². The van der Waals surface area contributed by atoms with Crippen LogP contribution < -0.4 is 29.6 Å². The fourth-order valence-electron chi connectivity index (χ4n) is 3.58. The van der Waals surface area contributed by atoms with Crippen LogP contribution in [0.4, 0.5) is 29.3 Å². The normalized spacial score (nSPS) is 11.1. The van der Waals surface area contributed by atoms with Crippen LogP contribution in [0.25, 0.3) is 10.9 Å². The van der Waals surface area contributed by atoms with Crippen molar-refractivity contribution in [2.45, 2.75) is 6.18 Å². The number of urea groups is 1. The van der Waals surface area contributed by atoms with Crippen LogP contribution in [0.1, 0.15) is 5.56 Å². The maximum absolute atomic E-state index is 13.1. The number of carbonyl (C=O) groups is 1. The summed E-state index contributed by atoms with van der Waals surface area (Å²) >= 11 is 6.35. The van der Waals surface area contributed by atoms with E-state index in [1.54, 1.807) is 30.5 Å². The average Bonchev–Trinajstić information content (AvgIpc) is 2.89. The lowest BCUT2D eigenvalue weighted by Crippen LogP contribution is -2.20. The zero-order valence-corrected chi connectivity index (χ0v) is 21.0. The molecule has 0 unspecified atom stereocenters. The zero-order chi connectivity index (χ0) is 27.4. The molecular formula is C26H21ClF3N3O5. The van der Waals surface area contributed by atoms with E-state index in [0.717, 1.165) is 18.2 Å². The smallest absolute Gasteiger partial charge is 0.416 e. The lowest BCUT2D eigenvalue weighted by molar-refractivity contribution is -0.137. The summed E-state index contributed by atoms with van der Waals surface area (Å²) in [6.07, 6.45) is -3.01. The number of anilines is 2. The van der Waals surface area contributed by atoms with Crippen molar-refractivity contribution in [1.82, 2.24) is 4.98 Å². The molecule has 0 radical (unpaired) electrons. The van der Waals surface area contributed by atoms with Gasteiger partial charge in [0, 0.05) is 23.7 Å². The Morgan fingerprint density at radius 3 is 2.16 bits per heavy atom. The Morgan fingerprint density at radius 2 is 1.50 bits per heavy atom. The number of ether oxygens (including phenoxy) is 4. The number of aromatic nitrogens is 1. The molecular weight excluding hydrogens is 527 g/mol. The second kappa shape index (κ2) is 10.9. The molecule has 0 bridgehead atoms. The Kier molecular flexibility index (Phi) is 7.67. The Morgan fingerprint density at radius 1 is 0.816 bits per heavy atom. The van der Waals surface area contributed by atoms with Gasteiger partial charge in [-0.15, -0.1) is 0 Å². The summed E-state index contributed by atoms with van der Waals surface area (Å²) in [6, 6.07) is 11.6. The monoisotopic (exact) mass is 547 g/mol. The van der Waals surface area contributed by atoms with Gasteiger partial charge in [-0.2, -0.15) is 13.2 Å². The van der Waals surface area contributed by atoms with E-state index in [1.807, 2.05) is 0 Å². The number of amides is 2. The molecule has 1 aromatic heterocycles. The topological polar surface area (TPSA) is 90.9 Å². The van der Waals surface area contributed by atoms with Gasteiger partial charge in [-0.25, -0.2) is 4.79 Å². The van der Waals surface area contributed by atoms with Crippen LogP contribution in [-0.2, 0) is 6.18 Å². The third-order valence-corrected chi connectivity index (χ3v) is 5.71. The number of carbonyl (C=O) groups excluding carboxylic acids is 1. The molecule has 0 atom stereocenters. The van der Waals surface area contributed by atoms with Gasteiger partial charge >= 0.3 is 12.2 Å².